The van der Waals surface area contributed by atoms with E-state index < -0.39 is 17.5 Å². The van der Waals surface area contributed by atoms with E-state index >= 15 is 0 Å². The lowest BCUT2D eigenvalue weighted by Crippen LogP contribution is -2.68. The summed E-state index contributed by atoms with van der Waals surface area (Å²) in [6.45, 7) is 8.12. The molecule has 0 radical (unpaired) electrons. The Kier molecular flexibility index (Phi) is 4.76. The number of carbonyl (C=O) groups excluding carboxylic acids is 3. The average molecular weight is 373 g/mol. The first-order chi connectivity index (χ1) is 12.5. The predicted molar refractivity (Wildman–Crippen MR) is 100 cm³/mol. The Morgan fingerprint density at radius 3 is 2.26 bits per heavy atom. The molecule has 146 valence electrons. The van der Waals surface area contributed by atoms with Crippen LogP contribution < -0.4 is 10.6 Å². The van der Waals surface area contributed by atoms with Crippen LogP contribution in [0.15, 0.2) is 30.3 Å². The van der Waals surface area contributed by atoms with Gasteiger partial charge in [-0.2, -0.15) is 0 Å². The van der Waals surface area contributed by atoms with Gasteiger partial charge in [0.05, 0.1) is 12.1 Å². The summed E-state index contributed by atoms with van der Waals surface area (Å²) in [6, 6.07) is 8.20. The zero-order valence-electron chi connectivity index (χ0n) is 16.3. The maximum Gasteiger partial charge on any atom is 0.338 e. The number of piperidine rings is 1. The van der Waals surface area contributed by atoms with Gasteiger partial charge in [-0.15, -0.1) is 0 Å². The molecule has 27 heavy (non-hydrogen) atoms. The molecule has 0 unspecified atom stereocenters. The van der Waals surface area contributed by atoms with Crippen LogP contribution in [0.5, 0.6) is 0 Å². The lowest BCUT2D eigenvalue weighted by atomic mass is 9.71. The number of hydrogen-bond acceptors (Lipinski definition) is 5. The molecule has 0 saturated carbocycles. The van der Waals surface area contributed by atoms with Gasteiger partial charge in [-0.1, -0.05) is 18.2 Å². The summed E-state index contributed by atoms with van der Waals surface area (Å²) in [6.07, 6.45) is 1.02. The topological polar surface area (TPSA) is 87.7 Å². The van der Waals surface area contributed by atoms with Gasteiger partial charge < -0.3 is 15.4 Å². The minimum absolute atomic E-state index is 0.0337. The van der Waals surface area contributed by atoms with Crippen LogP contribution in [-0.2, 0) is 9.53 Å². The average Bonchev–Trinajstić information content (AvgIpc) is 2.75. The first-order valence-corrected chi connectivity index (χ1v) is 9.19. The van der Waals surface area contributed by atoms with Crippen molar-refractivity contribution in [2.75, 3.05) is 13.2 Å². The second kappa shape index (κ2) is 6.64. The van der Waals surface area contributed by atoms with Crippen molar-refractivity contribution in [2.24, 2.45) is 0 Å². The second-order valence-electron chi connectivity index (χ2n) is 8.72. The van der Waals surface area contributed by atoms with Crippen molar-refractivity contribution in [2.45, 2.75) is 57.2 Å². The Hall–Kier alpha value is -2.41. The highest BCUT2D eigenvalue weighted by Gasteiger charge is 2.58. The van der Waals surface area contributed by atoms with Gasteiger partial charge in [0.2, 0.25) is 0 Å². The first kappa shape index (κ1) is 19.4. The zero-order chi connectivity index (χ0) is 19.9. The summed E-state index contributed by atoms with van der Waals surface area (Å²) in [7, 11) is 0. The van der Waals surface area contributed by atoms with E-state index in [9.17, 15) is 14.4 Å². The molecule has 2 aliphatic heterocycles. The van der Waals surface area contributed by atoms with E-state index in [1.807, 2.05) is 33.8 Å². The lowest BCUT2D eigenvalue weighted by Gasteiger charge is -2.50. The van der Waals surface area contributed by atoms with E-state index in [1.54, 1.807) is 24.3 Å². The first-order valence-electron chi connectivity index (χ1n) is 9.19. The van der Waals surface area contributed by atoms with Gasteiger partial charge >= 0.3 is 12.0 Å². The molecule has 1 aromatic rings. The maximum absolute atomic E-state index is 13.1. The van der Waals surface area contributed by atoms with Gasteiger partial charge in [0.1, 0.15) is 12.1 Å². The second-order valence-corrected chi connectivity index (χ2v) is 8.72. The van der Waals surface area contributed by atoms with Crippen LogP contribution in [0, 0.1) is 0 Å². The van der Waals surface area contributed by atoms with Crippen molar-refractivity contribution in [3.8, 4) is 0 Å². The van der Waals surface area contributed by atoms with E-state index in [0.717, 1.165) is 4.90 Å². The molecule has 1 aromatic carbocycles. The van der Waals surface area contributed by atoms with Crippen LogP contribution in [0.3, 0.4) is 0 Å². The molecule has 0 atom stereocenters. The van der Waals surface area contributed by atoms with Crippen molar-refractivity contribution < 1.29 is 19.1 Å². The van der Waals surface area contributed by atoms with Crippen molar-refractivity contribution in [1.82, 2.24) is 15.5 Å². The lowest BCUT2D eigenvalue weighted by molar-refractivity contribution is -0.135. The number of benzene rings is 1. The fourth-order valence-electron chi connectivity index (χ4n) is 4.58. The van der Waals surface area contributed by atoms with Gasteiger partial charge in [-0.3, -0.25) is 9.69 Å². The van der Waals surface area contributed by atoms with E-state index in [0.29, 0.717) is 18.4 Å². The molecule has 0 aliphatic carbocycles. The quantitative estimate of drug-likeness (QED) is 0.623. The largest absolute Gasteiger partial charge is 0.460 e. The normalized spacial score (nSPS) is 22.6. The van der Waals surface area contributed by atoms with Crippen molar-refractivity contribution >= 4 is 17.9 Å². The van der Waals surface area contributed by atoms with E-state index in [2.05, 4.69) is 10.6 Å². The third kappa shape index (κ3) is 3.98. The number of ether oxygens (including phenoxy) is 1. The highest BCUT2D eigenvalue weighted by molar-refractivity contribution is 6.07. The molecule has 2 fully saturated rings. The minimum Gasteiger partial charge on any atom is -0.460 e. The number of rotatable bonds is 4. The molecule has 3 rings (SSSR count). The maximum atomic E-state index is 13.1. The summed E-state index contributed by atoms with van der Waals surface area (Å²) in [5.74, 6) is -0.715. The highest BCUT2D eigenvalue weighted by Crippen LogP contribution is 2.39. The molecule has 2 aliphatic rings. The van der Waals surface area contributed by atoms with Gasteiger partial charge in [0.25, 0.3) is 5.91 Å². The molecule has 0 aromatic heterocycles. The third-order valence-electron chi connectivity index (χ3n) is 4.97. The smallest absolute Gasteiger partial charge is 0.338 e. The van der Waals surface area contributed by atoms with Crippen molar-refractivity contribution in [1.29, 1.82) is 0 Å². The van der Waals surface area contributed by atoms with Gasteiger partial charge in [0.15, 0.2) is 0 Å². The number of esters is 1. The van der Waals surface area contributed by atoms with Crippen molar-refractivity contribution in [3.63, 3.8) is 0 Å². The molecule has 2 heterocycles. The standard InChI is InChI=1S/C20H27N3O4/c1-18(2)12-20(13-19(3,4)22-18)16(25)23(17(26)21-20)10-11-27-15(24)14-8-6-5-7-9-14/h5-9,22H,10-13H2,1-4H3,(H,21,26). The number of hydrogen-bond donors (Lipinski definition) is 2. The number of carbonyl (C=O) groups is 3. The molecule has 3 amide bonds. The highest BCUT2D eigenvalue weighted by atomic mass is 16.5. The Balaban J connectivity index is 1.65. The third-order valence-corrected chi connectivity index (χ3v) is 4.97. The minimum atomic E-state index is -0.918. The monoisotopic (exact) mass is 373 g/mol. The number of amides is 3. The molecule has 1 spiro atoms. The summed E-state index contributed by atoms with van der Waals surface area (Å²) in [5, 5.41) is 6.43. The molecule has 2 N–H and O–H groups in total. The molecule has 2 saturated heterocycles. The summed E-state index contributed by atoms with van der Waals surface area (Å²) >= 11 is 0. The summed E-state index contributed by atoms with van der Waals surface area (Å²) < 4.78 is 5.22. The summed E-state index contributed by atoms with van der Waals surface area (Å²) in [4.78, 5) is 38.7. The van der Waals surface area contributed by atoms with Crippen LogP contribution in [0.1, 0.15) is 50.9 Å². The fourth-order valence-corrected chi connectivity index (χ4v) is 4.58. The van der Waals surface area contributed by atoms with Gasteiger partial charge in [0, 0.05) is 11.1 Å². The van der Waals surface area contributed by atoms with Gasteiger partial charge in [-0.05, 0) is 52.7 Å². The fraction of sp³-hybridized carbons (Fsp3) is 0.550. The number of nitrogens with zero attached hydrogens (tertiary/aromatic N) is 1. The van der Waals surface area contributed by atoms with Crippen LogP contribution in [-0.4, -0.2) is 52.6 Å². The Bertz CT molecular complexity index is 742. The van der Waals surface area contributed by atoms with Gasteiger partial charge in [-0.25, -0.2) is 9.59 Å². The summed E-state index contributed by atoms with van der Waals surface area (Å²) in [5.41, 5.74) is -1.06. The van der Waals surface area contributed by atoms with E-state index in [1.165, 1.54) is 0 Å². The van der Waals surface area contributed by atoms with Crippen LogP contribution in [0.4, 0.5) is 4.79 Å². The van der Waals surface area contributed by atoms with Crippen LogP contribution in [0.2, 0.25) is 0 Å². The molecule has 7 nitrogen and oxygen atoms in total. The predicted octanol–water partition coefficient (Wildman–Crippen LogP) is 2.07. The Morgan fingerprint density at radius 2 is 1.67 bits per heavy atom. The number of imide groups is 1. The molecular weight excluding hydrogens is 346 g/mol. The van der Waals surface area contributed by atoms with E-state index in [-0.39, 0.29) is 30.1 Å². The Labute approximate surface area is 159 Å². The molecular formula is C20H27N3O4. The van der Waals surface area contributed by atoms with Crippen molar-refractivity contribution in [3.05, 3.63) is 35.9 Å². The van der Waals surface area contributed by atoms with Crippen LogP contribution >= 0.6 is 0 Å². The van der Waals surface area contributed by atoms with E-state index in [4.69, 9.17) is 4.74 Å². The SMILES string of the molecule is CC1(C)CC2(CC(C)(C)N1)NC(=O)N(CCOC(=O)c1ccccc1)C2=O. The van der Waals surface area contributed by atoms with Crippen LogP contribution in [0.25, 0.3) is 0 Å². The number of nitrogens with one attached hydrogen (secondary N) is 2. The Morgan fingerprint density at radius 1 is 1.07 bits per heavy atom. The number of urea groups is 1. The molecule has 0 bridgehead atoms. The molecule has 7 heteroatoms. The zero-order valence-corrected chi connectivity index (χ0v) is 16.3.